The summed E-state index contributed by atoms with van der Waals surface area (Å²) in [5.74, 6) is -0.331. The Morgan fingerprint density at radius 3 is 2.71 bits per heavy atom. The van der Waals surface area contributed by atoms with Crippen LogP contribution in [-0.4, -0.2) is 19.0 Å². The van der Waals surface area contributed by atoms with Gasteiger partial charge in [0, 0.05) is 20.3 Å². The first-order valence-electron chi connectivity index (χ1n) is 4.18. The van der Waals surface area contributed by atoms with E-state index in [0.29, 0.717) is 11.1 Å². The zero-order chi connectivity index (χ0) is 10.6. The molecule has 0 heterocycles. The topological polar surface area (TPSA) is 27.0 Å². The van der Waals surface area contributed by atoms with Crippen LogP contribution in [0.3, 0.4) is 0 Å². The van der Waals surface area contributed by atoms with Crippen molar-refractivity contribution in [1.82, 2.24) is 4.90 Å². The predicted molar refractivity (Wildman–Crippen MR) is 53.7 cm³/mol. The maximum Gasteiger partial charge on any atom is 0.123 e. The first-order chi connectivity index (χ1) is 6.63. The first kappa shape index (κ1) is 10.3. The summed E-state index contributed by atoms with van der Waals surface area (Å²) >= 11 is 0. The van der Waals surface area contributed by atoms with E-state index in [9.17, 15) is 4.39 Å². The molecule has 0 saturated carbocycles. The van der Waals surface area contributed by atoms with E-state index in [4.69, 9.17) is 5.26 Å². The third-order valence-corrected chi connectivity index (χ3v) is 1.64. The van der Waals surface area contributed by atoms with E-state index in [0.717, 1.165) is 0 Å². The molecule has 1 aromatic rings. The smallest absolute Gasteiger partial charge is 0.123 e. The Morgan fingerprint density at radius 1 is 1.50 bits per heavy atom. The van der Waals surface area contributed by atoms with Crippen molar-refractivity contribution in [2.45, 2.75) is 0 Å². The van der Waals surface area contributed by atoms with E-state index in [1.807, 2.05) is 20.2 Å². The van der Waals surface area contributed by atoms with Crippen LogP contribution < -0.4 is 0 Å². The number of benzene rings is 1. The number of nitriles is 1. The molecule has 0 spiro atoms. The van der Waals surface area contributed by atoms with Gasteiger partial charge in [-0.15, -0.1) is 0 Å². The normalized spacial score (nSPS) is 10.9. The van der Waals surface area contributed by atoms with Crippen LogP contribution >= 0.6 is 0 Å². The van der Waals surface area contributed by atoms with E-state index < -0.39 is 0 Å². The highest BCUT2D eigenvalue weighted by molar-refractivity contribution is 5.76. The van der Waals surface area contributed by atoms with Gasteiger partial charge in [0.2, 0.25) is 0 Å². The Balaban J connectivity index is 3.09. The molecular formula is C11H11FN2. The monoisotopic (exact) mass is 190 g/mol. The average Bonchev–Trinajstić information content (AvgIpc) is 2.14. The summed E-state index contributed by atoms with van der Waals surface area (Å²) < 4.78 is 12.9. The van der Waals surface area contributed by atoms with Crippen molar-refractivity contribution < 1.29 is 4.39 Å². The van der Waals surface area contributed by atoms with E-state index in [2.05, 4.69) is 0 Å². The molecule has 3 heteroatoms. The molecule has 0 amide bonds. The number of halogens is 1. The minimum Gasteiger partial charge on any atom is -0.382 e. The molecule has 14 heavy (non-hydrogen) atoms. The molecule has 0 saturated heterocycles. The molecule has 0 bridgehead atoms. The SMILES string of the molecule is CN(C)/C=C(/C#N)c1cccc(F)c1. The molecule has 0 aromatic heterocycles. The minimum absolute atomic E-state index is 0.331. The lowest BCUT2D eigenvalue weighted by Crippen LogP contribution is -2.02. The van der Waals surface area contributed by atoms with Crippen molar-refractivity contribution in [1.29, 1.82) is 5.26 Å². The Labute approximate surface area is 82.9 Å². The molecule has 0 aliphatic heterocycles. The van der Waals surface area contributed by atoms with Crippen molar-refractivity contribution in [2.24, 2.45) is 0 Å². The molecule has 1 aromatic carbocycles. The van der Waals surface area contributed by atoms with Gasteiger partial charge in [-0.2, -0.15) is 5.26 Å². The molecule has 0 fully saturated rings. The molecule has 1 rings (SSSR count). The Kier molecular flexibility index (Phi) is 3.24. The zero-order valence-electron chi connectivity index (χ0n) is 8.16. The van der Waals surface area contributed by atoms with Crippen molar-refractivity contribution in [3.63, 3.8) is 0 Å². The number of hydrogen-bond acceptors (Lipinski definition) is 2. The van der Waals surface area contributed by atoms with Gasteiger partial charge >= 0.3 is 0 Å². The summed E-state index contributed by atoms with van der Waals surface area (Å²) in [6.45, 7) is 0. The lowest BCUT2D eigenvalue weighted by atomic mass is 10.1. The second-order valence-corrected chi connectivity index (χ2v) is 3.13. The lowest BCUT2D eigenvalue weighted by Gasteiger charge is -2.06. The quantitative estimate of drug-likeness (QED) is 0.669. The van der Waals surface area contributed by atoms with Crippen LogP contribution in [0, 0.1) is 17.1 Å². The van der Waals surface area contributed by atoms with E-state index in [1.54, 1.807) is 23.2 Å². The summed E-state index contributed by atoms with van der Waals surface area (Å²) in [4.78, 5) is 1.75. The van der Waals surface area contributed by atoms with Crippen LogP contribution in [0.25, 0.3) is 5.57 Å². The molecule has 72 valence electrons. The zero-order valence-corrected chi connectivity index (χ0v) is 8.16. The van der Waals surface area contributed by atoms with Crippen LogP contribution in [0.2, 0.25) is 0 Å². The van der Waals surface area contributed by atoms with Gasteiger partial charge < -0.3 is 4.90 Å². The van der Waals surface area contributed by atoms with Crippen LogP contribution in [-0.2, 0) is 0 Å². The van der Waals surface area contributed by atoms with Gasteiger partial charge in [0.1, 0.15) is 11.9 Å². The molecule has 0 unspecified atom stereocenters. The summed E-state index contributed by atoms with van der Waals surface area (Å²) in [7, 11) is 3.63. The summed E-state index contributed by atoms with van der Waals surface area (Å²) in [5.41, 5.74) is 1.05. The molecule has 0 radical (unpaired) electrons. The number of hydrogen-bond donors (Lipinski definition) is 0. The maximum atomic E-state index is 12.9. The summed E-state index contributed by atoms with van der Waals surface area (Å²) in [5, 5.41) is 8.85. The number of rotatable bonds is 2. The third kappa shape index (κ3) is 2.60. The Morgan fingerprint density at radius 2 is 2.21 bits per heavy atom. The Bertz CT molecular complexity index is 389. The van der Waals surface area contributed by atoms with Crippen LogP contribution in [0.1, 0.15) is 5.56 Å². The molecule has 0 aliphatic carbocycles. The van der Waals surface area contributed by atoms with E-state index in [1.165, 1.54) is 12.1 Å². The van der Waals surface area contributed by atoms with Gasteiger partial charge in [-0.05, 0) is 17.7 Å². The minimum atomic E-state index is -0.331. The van der Waals surface area contributed by atoms with Gasteiger partial charge in [0.15, 0.2) is 0 Å². The van der Waals surface area contributed by atoms with E-state index >= 15 is 0 Å². The van der Waals surface area contributed by atoms with Gasteiger partial charge in [0.05, 0.1) is 5.57 Å². The van der Waals surface area contributed by atoms with Crippen LogP contribution in [0.15, 0.2) is 30.5 Å². The van der Waals surface area contributed by atoms with Gasteiger partial charge in [-0.1, -0.05) is 12.1 Å². The highest BCUT2D eigenvalue weighted by Crippen LogP contribution is 2.14. The van der Waals surface area contributed by atoms with E-state index in [-0.39, 0.29) is 5.82 Å². The van der Waals surface area contributed by atoms with Crippen molar-refractivity contribution in [3.05, 3.63) is 41.8 Å². The fourth-order valence-electron chi connectivity index (χ4n) is 1.08. The van der Waals surface area contributed by atoms with Crippen molar-refractivity contribution in [2.75, 3.05) is 14.1 Å². The third-order valence-electron chi connectivity index (χ3n) is 1.64. The summed E-state index contributed by atoms with van der Waals surface area (Å²) in [6.07, 6.45) is 1.66. The van der Waals surface area contributed by atoms with Gasteiger partial charge in [0.25, 0.3) is 0 Å². The molecule has 0 atom stereocenters. The Hall–Kier alpha value is -1.82. The average molecular weight is 190 g/mol. The first-order valence-corrected chi connectivity index (χ1v) is 4.18. The molecule has 2 nitrogen and oxygen atoms in total. The number of nitrogens with zero attached hydrogens (tertiary/aromatic N) is 2. The predicted octanol–water partition coefficient (Wildman–Crippen LogP) is 2.25. The highest BCUT2D eigenvalue weighted by atomic mass is 19.1. The van der Waals surface area contributed by atoms with Crippen LogP contribution in [0.5, 0.6) is 0 Å². The van der Waals surface area contributed by atoms with Crippen LogP contribution in [0.4, 0.5) is 4.39 Å². The molecule has 0 aliphatic rings. The van der Waals surface area contributed by atoms with Gasteiger partial charge in [-0.3, -0.25) is 0 Å². The maximum absolute atomic E-state index is 12.9. The molecular weight excluding hydrogens is 179 g/mol. The van der Waals surface area contributed by atoms with Crippen molar-refractivity contribution in [3.8, 4) is 6.07 Å². The number of allylic oxidation sites excluding steroid dienone is 1. The second kappa shape index (κ2) is 4.43. The highest BCUT2D eigenvalue weighted by Gasteiger charge is 2.01. The molecule has 0 N–H and O–H groups in total. The largest absolute Gasteiger partial charge is 0.382 e. The standard InChI is InChI=1S/C11H11FN2/c1-14(2)8-10(7-13)9-4-3-5-11(12)6-9/h3-6,8H,1-2H3/b10-8-. The summed E-state index contributed by atoms with van der Waals surface area (Å²) in [6, 6.07) is 8.03. The lowest BCUT2D eigenvalue weighted by molar-refractivity contribution is 0.566. The fourth-order valence-corrected chi connectivity index (χ4v) is 1.08. The van der Waals surface area contributed by atoms with Crippen molar-refractivity contribution >= 4 is 5.57 Å². The second-order valence-electron chi connectivity index (χ2n) is 3.13. The van der Waals surface area contributed by atoms with Gasteiger partial charge in [-0.25, -0.2) is 4.39 Å². The fraction of sp³-hybridized carbons (Fsp3) is 0.182.